The van der Waals surface area contributed by atoms with Gasteiger partial charge >= 0.3 is 5.97 Å². The molecule has 0 unspecified atom stereocenters. The highest BCUT2D eigenvalue weighted by Gasteiger charge is 2.08. The van der Waals surface area contributed by atoms with Gasteiger partial charge in [0.05, 0.1) is 7.11 Å². The molecule has 0 aromatic heterocycles. The summed E-state index contributed by atoms with van der Waals surface area (Å²) in [4.78, 5) is 23.7. The molecule has 0 radical (unpaired) electrons. The molecule has 2 rings (SSSR count). The Hall–Kier alpha value is -2.88. The zero-order valence-electron chi connectivity index (χ0n) is 13.8. The van der Waals surface area contributed by atoms with Gasteiger partial charge in [0.15, 0.2) is 12.4 Å². The van der Waals surface area contributed by atoms with Gasteiger partial charge in [-0.1, -0.05) is 43.3 Å². The summed E-state index contributed by atoms with van der Waals surface area (Å²) in [6, 6.07) is 14.6. The van der Waals surface area contributed by atoms with E-state index >= 15 is 0 Å². The maximum absolute atomic E-state index is 12.0. The molecule has 0 saturated heterocycles. The van der Waals surface area contributed by atoms with Crippen LogP contribution in [-0.4, -0.2) is 25.5 Å². The van der Waals surface area contributed by atoms with E-state index in [1.807, 2.05) is 37.3 Å². The molecule has 0 aliphatic carbocycles. The van der Waals surface area contributed by atoms with Crippen molar-refractivity contribution in [1.29, 1.82) is 0 Å². The predicted octanol–water partition coefficient (Wildman–Crippen LogP) is 3.70. The molecule has 0 fully saturated rings. The number of carbonyl (C=O) groups excluding carboxylic acids is 2. The Balaban J connectivity index is 1.87. The number of methoxy groups -OCH3 is 1. The average molecular weight is 324 g/mol. The van der Waals surface area contributed by atoms with Crippen molar-refractivity contribution in [3.8, 4) is 5.75 Å². The number of rotatable bonds is 7. The Morgan fingerprint density at radius 1 is 1.08 bits per heavy atom. The number of ketones is 1. The third-order valence-electron chi connectivity index (χ3n) is 3.54. The number of aryl methyl sites for hydroxylation is 1. The first-order valence-corrected chi connectivity index (χ1v) is 7.73. The van der Waals surface area contributed by atoms with Crippen LogP contribution >= 0.6 is 0 Å². The van der Waals surface area contributed by atoms with Gasteiger partial charge in [0, 0.05) is 11.6 Å². The number of benzene rings is 2. The molecule has 0 heterocycles. The Labute approximate surface area is 141 Å². The summed E-state index contributed by atoms with van der Waals surface area (Å²) in [5, 5.41) is 0. The van der Waals surface area contributed by atoms with Crippen LogP contribution in [0.4, 0.5) is 0 Å². The maximum Gasteiger partial charge on any atom is 0.331 e. The monoisotopic (exact) mass is 324 g/mol. The Bertz CT molecular complexity index is 730. The number of esters is 1. The molecule has 2 aromatic rings. The van der Waals surface area contributed by atoms with Gasteiger partial charge in [-0.15, -0.1) is 0 Å². The molecule has 4 heteroatoms. The van der Waals surface area contributed by atoms with Crippen LogP contribution in [0.5, 0.6) is 5.75 Å². The van der Waals surface area contributed by atoms with E-state index in [2.05, 4.69) is 0 Å². The van der Waals surface area contributed by atoms with Gasteiger partial charge in [-0.3, -0.25) is 4.79 Å². The highest BCUT2D eigenvalue weighted by atomic mass is 16.5. The zero-order chi connectivity index (χ0) is 17.4. The number of Topliss-reactive ketones (excluding diaryl/α,β-unsaturated/α-hetero) is 1. The number of hydrogen-bond acceptors (Lipinski definition) is 4. The van der Waals surface area contributed by atoms with Crippen molar-refractivity contribution in [2.45, 2.75) is 13.3 Å². The number of hydrogen-bond donors (Lipinski definition) is 0. The van der Waals surface area contributed by atoms with E-state index in [0.29, 0.717) is 11.3 Å². The van der Waals surface area contributed by atoms with Gasteiger partial charge in [-0.05, 0) is 35.8 Å². The lowest BCUT2D eigenvalue weighted by atomic mass is 10.1. The summed E-state index contributed by atoms with van der Waals surface area (Å²) >= 11 is 0. The van der Waals surface area contributed by atoms with E-state index in [1.165, 1.54) is 6.08 Å². The molecule has 0 aliphatic heterocycles. The van der Waals surface area contributed by atoms with Gasteiger partial charge in [0.2, 0.25) is 0 Å². The van der Waals surface area contributed by atoms with Gasteiger partial charge in [0.1, 0.15) is 5.75 Å². The van der Waals surface area contributed by atoms with Crippen LogP contribution < -0.4 is 4.74 Å². The lowest BCUT2D eigenvalue weighted by molar-refractivity contribution is -0.136. The highest BCUT2D eigenvalue weighted by Crippen LogP contribution is 2.13. The second kappa shape index (κ2) is 8.67. The first kappa shape index (κ1) is 17.5. The molecule has 4 nitrogen and oxygen atoms in total. The van der Waals surface area contributed by atoms with Gasteiger partial charge in [-0.2, -0.15) is 0 Å². The molecule has 0 aliphatic rings. The maximum atomic E-state index is 12.0. The van der Waals surface area contributed by atoms with Gasteiger partial charge in [-0.25, -0.2) is 4.79 Å². The van der Waals surface area contributed by atoms with E-state index in [1.54, 1.807) is 31.4 Å². The van der Waals surface area contributed by atoms with E-state index in [4.69, 9.17) is 9.47 Å². The minimum absolute atomic E-state index is 0.221. The van der Waals surface area contributed by atoms with Crippen LogP contribution in [0.25, 0.3) is 6.08 Å². The van der Waals surface area contributed by atoms with Crippen LogP contribution in [-0.2, 0) is 16.0 Å². The second-order valence-corrected chi connectivity index (χ2v) is 5.19. The lowest BCUT2D eigenvalue weighted by Crippen LogP contribution is -2.12. The molecule has 0 spiro atoms. The molecule has 0 saturated carbocycles. The molecule has 0 bridgehead atoms. The van der Waals surface area contributed by atoms with Crippen molar-refractivity contribution in [1.82, 2.24) is 0 Å². The standard InChI is InChI=1S/C20H20O4/c1-3-15-7-10-17(11-8-15)19(21)14-24-20(22)12-9-16-5-4-6-18(13-16)23-2/h4-13H,3,14H2,1-2H3. The fourth-order valence-corrected chi connectivity index (χ4v) is 2.10. The van der Waals surface area contributed by atoms with Crippen molar-refractivity contribution in [2.24, 2.45) is 0 Å². The summed E-state index contributed by atoms with van der Waals surface area (Å²) in [5.41, 5.74) is 2.51. The second-order valence-electron chi connectivity index (χ2n) is 5.19. The van der Waals surface area contributed by atoms with Crippen LogP contribution in [0.15, 0.2) is 54.6 Å². The van der Waals surface area contributed by atoms with Gasteiger partial charge < -0.3 is 9.47 Å². The number of ether oxygens (including phenoxy) is 2. The first-order valence-electron chi connectivity index (χ1n) is 7.73. The van der Waals surface area contributed by atoms with E-state index in [0.717, 1.165) is 17.5 Å². The summed E-state index contributed by atoms with van der Waals surface area (Å²) < 4.78 is 10.1. The molecular weight excluding hydrogens is 304 g/mol. The Morgan fingerprint density at radius 3 is 2.50 bits per heavy atom. The molecule has 2 aromatic carbocycles. The third-order valence-corrected chi connectivity index (χ3v) is 3.54. The summed E-state index contributed by atoms with van der Waals surface area (Å²) in [5.74, 6) is -0.0756. The molecule has 124 valence electrons. The SMILES string of the molecule is CCc1ccc(C(=O)COC(=O)C=Cc2cccc(OC)c2)cc1. The smallest absolute Gasteiger partial charge is 0.331 e. The molecule has 0 amide bonds. The zero-order valence-corrected chi connectivity index (χ0v) is 13.8. The van der Waals surface area contributed by atoms with E-state index in [9.17, 15) is 9.59 Å². The van der Waals surface area contributed by atoms with Gasteiger partial charge in [0.25, 0.3) is 0 Å². The van der Waals surface area contributed by atoms with Crippen molar-refractivity contribution >= 4 is 17.8 Å². The normalized spacial score (nSPS) is 10.6. The fourth-order valence-electron chi connectivity index (χ4n) is 2.10. The largest absolute Gasteiger partial charge is 0.497 e. The minimum atomic E-state index is -0.559. The Morgan fingerprint density at radius 2 is 1.83 bits per heavy atom. The predicted molar refractivity (Wildman–Crippen MR) is 93.1 cm³/mol. The average Bonchev–Trinajstić information content (AvgIpc) is 2.64. The molecular formula is C20H20O4. The molecule has 24 heavy (non-hydrogen) atoms. The van der Waals surface area contributed by atoms with Crippen LogP contribution in [0.3, 0.4) is 0 Å². The van der Waals surface area contributed by atoms with Crippen LogP contribution in [0.1, 0.15) is 28.4 Å². The minimum Gasteiger partial charge on any atom is -0.497 e. The molecule has 0 N–H and O–H groups in total. The van der Waals surface area contributed by atoms with Crippen molar-refractivity contribution in [3.63, 3.8) is 0 Å². The fraction of sp³-hybridized carbons (Fsp3) is 0.200. The summed E-state index contributed by atoms with van der Waals surface area (Å²) in [7, 11) is 1.58. The van der Waals surface area contributed by atoms with Crippen LogP contribution in [0.2, 0.25) is 0 Å². The van der Waals surface area contributed by atoms with E-state index < -0.39 is 5.97 Å². The molecule has 0 atom stereocenters. The first-order chi connectivity index (χ1) is 11.6. The van der Waals surface area contributed by atoms with Crippen LogP contribution in [0, 0.1) is 0 Å². The highest BCUT2D eigenvalue weighted by molar-refractivity contribution is 5.98. The lowest BCUT2D eigenvalue weighted by Gasteiger charge is -2.03. The summed E-state index contributed by atoms with van der Waals surface area (Å²) in [6.07, 6.45) is 3.83. The topological polar surface area (TPSA) is 52.6 Å². The summed E-state index contributed by atoms with van der Waals surface area (Å²) in [6.45, 7) is 1.78. The van der Waals surface area contributed by atoms with Crippen molar-refractivity contribution in [2.75, 3.05) is 13.7 Å². The third kappa shape index (κ3) is 5.09. The van der Waals surface area contributed by atoms with Crippen molar-refractivity contribution in [3.05, 3.63) is 71.3 Å². The Kier molecular flexibility index (Phi) is 6.32. The van der Waals surface area contributed by atoms with Crippen molar-refractivity contribution < 1.29 is 19.1 Å². The number of carbonyl (C=O) groups is 2. The quantitative estimate of drug-likeness (QED) is 0.443. The van der Waals surface area contributed by atoms with E-state index in [-0.39, 0.29) is 12.4 Å².